The Bertz CT molecular complexity index is 326. The van der Waals surface area contributed by atoms with Crippen LogP contribution in [0.25, 0.3) is 0 Å². The van der Waals surface area contributed by atoms with Crippen molar-refractivity contribution in [1.82, 2.24) is 10.3 Å². The lowest BCUT2D eigenvalue weighted by Crippen LogP contribution is -2.41. The van der Waals surface area contributed by atoms with Crippen molar-refractivity contribution in [2.45, 2.75) is 18.2 Å². The zero-order valence-electron chi connectivity index (χ0n) is 9.25. The van der Waals surface area contributed by atoms with Gasteiger partial charge in [0.05, 0.1) is 17.9 Å². The Kier molecular flexibility index (Phi) is 5.40. The molecule has 0 amide bonds. The highest BCUT2D eigenvalue weighted by Gasteiger charge is 2.28. The van der Waals surface area contributed by atoms with Crippen LogP contribution in [-0.2, 0) is 4.79 Å². The van der Waals surface area contributed by atoms with Crippen LogP contribution in [0.15, 0.2) is 11.6 Å². The minimum atomic E-state index is -0.524. The quantitative estimate of drug-likeness (QED) is 0.665. The fourth-order valence-corrected chi connectivity index (χ4v) is 2.51. The van der Waals surface area contributed by atoms with Crippen molar-refractivity contribution in [1.29, 1.82) is 0 Å². The van der Waals surface area contributed by atoms with E-state index in [1.165, 1.54) is 11.3 Å². The van der Waals surface area contributed by atoms with Gasteiger partial charge in [-0.2, -0.15) is 12.6 Å². The van der Waals surface area contributed by atoms with Crippen molar-refractivity contribution in [2.24, 2.45) is 5.92 Å². The number of carbonyl (C=O) groups is 1. The first kappa shape index (κ1) is 13.6. The molecule has 0 aromatic carbocycles. The molecule has 1 heterocycles. The van der Waals surface area contributed by atoms with Gasteiger partial charge >= 0.3 is 0 Å². The predicted octanol–water partition coefficient (Wildman–Crippen LogP) is 0.899. The second kappa shape index (κ2) is 6.34. The van der Waals surface area contributed by atoms with Gasteiger partial charge in [0.25, 0.3) is 0 Å². The van der Waals surface area contributed by atoms with Crippen LogP contribution in [0.2, 0.25) is 0 Å². The molecule has 0 bridgehead atoms. The fraction of sp³-hybridized carbons (Fsp3) is 0.600. The highest BCUT2D eigenvalue weighted by Crippen LogP contribution is 2.30. The van der Waals surface area contributed by atoms with Crippen molar-refractivity contribution >= 4 is 29.7 Å². The number of nitrogens with one attached hydrogen (secondary N) is 1. The highest BCUT2D eigenvalue weighted by molar-refractivity contribution is 7.80. The Labute approximate surface area is 105 Å². The van der Waals surface area contributed by atoms with Crippen molar-refractivity contribution in [3.05, 3.63) is 16.6 Å². The van der Waals surface area contributed by atoms with Gasteiger partial charge in [-0.05, 0) is 7.05 Å². The van der Waals surface area contributed by atoms with E-state index in [-0.39, 0.29) is 23.6 Å². The van der Waals surface area contributed by atoms with Gasteiger partial charge in [-0.15, -0.1) is 11.3 Å². The standard InChI is InChI=1S/C10H16N2O2S2/c1-6(8(14)7(5-13)11-2)9(15)10-12-3-4-16-10/h3-4,6-7,9,11,13,15H,5H2,1-2H3/t6?,7-,9?/m1/s1. The van der Waals surface area contributed by atoms with E-state index < -0.39 is 6.04 Å². The smallest absolute Gasteiger partial charge is 0.156 e. The van der Waals surface area contributed by atoms with Gasteiger partial charge in [-0.25, -0.2) is 4.98 Å². The SMILES string of the molecule is CN[C@H](CO)C(=O)C(C)C(S)c1nccs1. The van der Waals surface area contributed by atoms with E-state index in [4.69, 9.17) is 5.11 Å². The molecule has 2 N–H and O–H groups in total. The van der Waals surface area contributed by atoms with Crippen LogP contribution in [0, 0.1) is 5.92 Å². The molecule has 1 aromatic heterocycles. The van der Waals surface area contributed by atoms with E-state index in [2.05, 4.69) is 22.9 Å². The largest absolute Gasteiger partial charge is 0.394 e. The zero-order chi connectivity index (χ0) is 12.1. The van der Waals surface area contributed by atoms with Crippen molar-refractivity contribution in [3.63, 3.8) is 0 Å². The van der Waals surface area contributed by atoms with E-state index in [1.54, 1.807) is 20.2 Å². The van der Waals surface area contributed by atoms with Crippen LogP contribution < -0.4 is 5.32 Å². The van der Waals surface area contributed by atoms with E-state index in [9.17, 15) is 4.79 Å². The van der Waals surface area contributed by atoms with E-state index in [1.807, 2.05) is 5.38 Å². The summed E-state index contributed by atoms with van der Waals surface area (Å²) in [5, 5.41) is 14.3. The van der Waals surface area contributed by atoms with Crippen LogP contribution in [0.4, 0.5) is 0 Å². The molecule has 0 aliphatic rings. The summed E-state index contributed by atoms with van der Waals surface area (Å²) in [6.07, 6.45) is 1.70. The normalized spacial score (nSPS) is 16.8. The topological polar surface area (TPSA) is 62.2 Å². The molecule has 1 rings (SSSR count). The Morgan fingerprint density at radius 1 is 1.75 bits per heavy atom. The molecule has 90 valence electrons. The van der Waals surface area contributed by atoms with E-state index >= 15 is 0 Å². The minimum absolute atomic E-state index is 0.0415. The van der Waals surface area contributed by atoms with Crippen molar-refractivity contribution in [3.8, 4) is 0 Å². The molecule has 0 spiro atoms. The van der Waals surface area contributed by atoms with Gasteiger partial charge in [-0.3, -0.25) is 4.79 Å². The number of thiol groups is 1. The molecule has 3 atom stereocenters. The number of hydrogen-bond donors (Lipinski definition) is 3. The number of rotatable bonds is 6. The summed E-state index contributed by atoms with van der Waals surface area (Å²) >= 11 is 5.89. The zero-order valence-corrected chi connectivity index (χ0v) is 11.0. The number of carbonyl (C=O) groups excluding carboxylic acids is 1. The molecule has 0 aliphatic carbocycles. The van der Waals surface area contributed by atoms with E-state index in [0.29, 0.717) is 0 Å². The lowest BCUT2D eigenvalue weighted by molar-refractivity contribution is -0.125. The Morgan fingerprint density at radius 3 is 2.88 bits per heavy atom. The number of nitrogens with zero attached hydrogens (tertiary/aromatic N) is 1. The number of thiazole rings is 1. The van der Waals surface area contributed by atoms with Crippen molar-refractivity contribution < 1.29 is 9.90 Å². The lowest BCUT2D eigenvalue weighted by atomic mass is 9.97. The number of hydrogen-bond acceptors (Lipinski definition) is 6. The maximum atomic E-state index is 11.9. The van der Waals surface area contributed by atoms with Crippen molar-refractivity contribution in [2.75, 3.05) is 13.7 Å². The first-order chi connectivity index (χ1) is 7.61. The molecular weight excluding hydrogens is 244 g/mol. The van der Waals surface area contributed by atoms with Gasteiger partial charge in [0, 0.05) is 17.5 Å². The van der Waals surface area contributed by atoms with Crippen LogP contribution in [0.5, 0.6) is 0 Å². The van der Waals surface area contributed by atoms with Gasteiger partial charge in [0.15, 0.2) is 5.78 Å². The summed E-state index contributed by atoms with van der Waals surface area (Å²) in [7, 11) is 1.66. The maximum absolute atomic E-state index is 11.9. The molecule has 6 heteroatoms. The second-order valence-corrected chi connectivity index (χ2v) is 5.01. The number of ketones is 1. The molecule has 0 fully saturated rings. The number of aromatic nitrogens is 1. The number of aliphatic hydroxyl groups excluding tert-OH is 1. The minimum Gasteiger partial charge on any atom is -0.394 e. The molecule has 2 unspecified atom stereocenters. The molecular formula is C10H16N2O2S2. The van der Waals surface area contributed by atoms with Gasteiger partial charge in [0.2, 0.25) is 0 Å². The molecule has 1 aromatic rings. The summed E-state index contributed by atoms with van der Waals surface area (Å²) < 4.78 is 0. The third-order valence-corrected chi connectivity index (χ3v) is 4.23. The van der Waals surface area contributed by atoms with Crippen LogP contribution in [0.3, 0.4) is 0 Å². The first-order valence-electron chi connectivity index (χ1n) is 5.01. The molecule has 16 heavy (non-hydrogen) atoms. The Morgan fingerprint density at radius 2 is 2.44 bits per heavy atom. The molecule has 0 saturated heterocycles. The molecule has 0 aliphatic heterocycles. The third kappa shape index (κ3) is 3.04. The Hall–Kier alpha value is -0.430. The molecule has 0 saturated carbocycles. The van der Waals surface area contributed by atoms with Crippen LogP contribution in [-0.4, -0.2) is 35.6 Å². The number of likely N-dealkylation sites (N-methyl/N-ethyl adjacent to an activating group) is 1. The number of aliphatic hydroxyl groups is 1. The average Bonchev–Trinajstić information content (AvgIpc) is 2.82. The summed E-state index contributed by atoms with van der Waals surface area (Å²) in [6, 6.07) is -0.524. The first-order valence-corrected chi connectivity index (χ1v) is 6.40. The number of Topliss-reactive ketones (excluding diaryl/α,β-unsaturated/α-hetero) is 1. The summed E-state index contributed by atoms with van der Waals surface area (Å²) in [4.78, 5) is 16.1. The highest BCUT2D eigenvalue weighted by atomic mass is 32.1. The van der Waals surface area contributed by atoms with Gasteiger partial charge in [-0.1, -0.05) is 6.92 Å². The summed E-state index contributed by atoms with van der Waals surface area (Å²) in [6.45, 7) is 1.61. The average molecular weight is 260 g/mol. The van der Waals surface area contributed by atoms with E-state index in [0.717, 1.165) is 5.01 Å². The predicted molar refractivity (Wildman–Crippen MR) is 67.9 cm³/mol. The second-order valence-electron chi connectivity index (χ2n) is 3.53. The molecule has 4 nitrogen and oxygen atoms in total. The Balaban J connectivity index is 2.70. The van der Waals surface area contributed by atoms with Gasteiger partial charge in [0.1, 0.15) is 5.01 Å². The summed E-state index contributed by atoms with van der Waals surface area (Å²) in [5.41, 5.74) is 0. The molecule has 0 radical (unpaired) electrons. The third-order valence-electron chi connectivity index (χ3n) is 2.50. The van der Waals surface area contributed by atoms with Gasteiger partial charge < -0.3 is 10.4 Å². The summed E-state index contributed by atoms with van der Waals surface area (Å²) in [5.74, 6) is -0.320. The maximum Gasteiger partial charge on any atom is 0.156 e. The van der Waals surface area contributed by atoms with Crippen LogP contribution >= 0.6 is 24.0 Å². The van der Waals surface area contributed by atoms with Crippen LogP contribution in [0.1, 0.15) is 17.2 Å². The monoisotopic (exact) mass is 260 g/mol. The lowest BCUT2D eigenvalue weighted by Gasteiger charge is -2.20. The fourth-order valence-electron chi connectivity index (χ4n) is 1.39.